The second-order valence-corrected chi connectivity index (χ2v) is 10.2. The predicted octanol–water partition coefficient (Wildman–Crippen LogP) is 4.90. The van der Waals surface area contributed by atoms with Crippen molar-refractivity contribution >= 4 is 22.9 Å². The van der Waals surface area contributed by atoms with E-state index in [9.17, 15) is 18.0 Å². The Kier molecular flexibility index (Phi) is 7.25. The third-order valence-electron chi connectivity index (χ3n) is 6.91. The lowest BCUT2D eigenvalue weighted by Gasteiger charge is -2.36. The van der Waals surface area contributed by atoms with Gasteiger partial charge in [0.15, 0.2) is 0 Å². The first kappa shape index (κ1) is 24.7. The summed E-state index contributed by atoms with van der Waals surface area (Å²) >= 11 is 1.55. The van der Waals surface area contributed by atoms with E-state index >= 15 is 0 Å². The van der Waals surface area contributed by atoms with Gasteiger partial charge in [0.2, 0.25) is 0 Å². The Balaban J connectivity index is 1.13. The second-order valence-electron chi connectivity index (χ2n) is 9.31. The molecule has 4 heterocycles. The Morgan fingerprint density at radius 1 is 1.03 bits per heavy atom. The molecule has 2 fully saturated rings. The van der Waals surface area contributed by atoms with Gasteiger partial charge in [-0.15, -0.1) is 11.3 Å². The summed E-state index contributed by atoms with van der Waals surface area (Å²) in [7, 11) is 0. The van der Waals surface area contributed by atoms with Crippen LogP contribution in [0.15, 0.2) is 54.2 Å². The molecular formula is C26H28F3N5OS. The average molecular weight is 516 g/mol. The number of carbonyl (C=O) groups excluding carboxylic acids is 1. The smallest absolute Gasteiger partial charge is 0.368 e. The molecule has 0 spiro atoms. The fourth-order valence-corrected chi connectivity index (χ4v) is 5.84. The number of benzene rings is 1. The molecule has 1 amide bonds. The number of amides is 1. The number of anilines is 1. The molecule has 0 aliphatic carbocycles. The summed E-state index contributed by atoms with van der Waals surface area (Å²) in [6.07, 6.45) is 1.35. The maximum atomic E-state index is 13.1. The molecule has 10 heteroatoms. The van der Waals surface area contributed by atoms with E-state index in [1.165, 1.54) is 17.7 Å². The standard InChI is InChI=1S/C26H28F3N5OS/c27-26(28,29)21-4-1-5-22(15-21)33-11-13-34(14-12-33)25(35)23-18-36-24(31-23)20-6-9-32(10-7-20)17-19-3-2-8-30-16-19/h1-5,8,15-16,18,20H,6-7,9-14,17H2. The van der Waals surface area contributed by atoms with Crippen molar-refractivity contribution in [3.63, 3.8) is 0 Å². The van der Waals surface area contributed by atoms with E-state index in [1.54, 1.807) is 28.5 Å². The van der Waals surface area contributed by atoms with Crippen molar-refractivity contribution < 1.29 is 18.0 Å². The van der Waals surface area contributed by atoms with Crippen molar-refractivity contribution in [2.45, 2.75) is 31.5 Å². The maximum absolute atomic E-state index is 13.1. The van der Waals surface area contributed by atoms with Gasteiger partial charge in [0, 0.05) is 62.1 Å². The highest BCUT2D eigenvalue weighted by atomic mass is 32.1. The van der Waals surface area contributed by atoms with Gasteiger partial charge < -0.3 is 9.80 Å². The molecule has 6 nitrogen and oxygen atoms in total. The second kappa shape index (κ2) is 10.6. The predicted molar refractivity (Wildman–Crippen MR) is 133 cm³/mol. The molecule has 3 aromatic rings. The minimum atomic E-state index is -4.37. The number of pyridine rings is 1. The van der Waals surface area contributed by atoms with Crippen LogP contribution in [0.3, 0.4) is 0 Å². The molecule has 0 unspecified atom stereocenters. The quantitative estimate of drug-likeness (QED) is 0.484. The van der Waals surface area contributed by atoms with Gasteiger partial charge in [0.05, 0.1) is 10.6 Å². The summed E-state index contributed by atoms with van der Waals surface area (Å²) in [6, 6.07) is 9.41. The van der Waals surface area contributed by atoms with E-state index in [1.807, 2.05) is 22.5 Å². The van der Waals surface area contributed by atoms with Crippen LogP contribution < -0.4 is 4.90 Å². The van der Waals surface area contributed by atoms with Crippen molar-refractivity contribution in [3.05, 3.63) is 76.0 Å². The third-order valence-corrected chi connectivity index (χ3v) is 7.92. The van der Waals surface area contributed by atoms with Crippen LogP contribution in [0.4, 0.5) is 18.9 Å². The van der Waals surface area contributed by atoms with Crippen LogP contribution in [0, 0.1) is 0 Å². The molecule has 0 saturated carbocycles. The van der Waals surface area contributed by atoms with E-state index < -0.39 is 11.7 Å². The van der Waals surface area contributed by atoms with Gasteiger partial charge in [0.1, 0.15) is 5.69 Å². The fourth-order valence-electron chi connectivity index (χ4n) is 4.87. The van der Waals surface area contributed by atoms with Crippen LogP contribution in [0.25, 0.3) is 0 Å². The summed E-state index contributed by atoms with van der Waals surface area (Å²) < 4.78 is 39.2. The third kappa shape index (κ3) is 5.70. The van der Waals surface area contributed by atoms with E-state index in [2.05, 4.69) is 16.0 Å². The first-order valence-corrected chi connectivity index (χ1v) is 13.0. The Morgan fingerprint density at radius 2 is 1.81 bits per heavy atom. The van der Waals surface area contributed by atoms with Gasteiger partial charge in [-0.05, 0) is 55.8 Å². The molecule has 0 bridgehead atoms. The number of aromatic nitrogens is 2. The largest absolute Gasteiger partial charge is 0.416 e. The highest BCUT2D eigenvalue weighted by Crippen LogP contribution is 2.33. The number of halogens is 3. The summed E-state index contributed by atoms with van der Waals surface area (Å²) in [5.74, 6) is 0.259. The van der Waals surface area contributed by atoms with Crippen LogP contribution in [-0.4, -0.2) is 64.9 Å². The SMILES string of the molecule is O=C(c1csc(C2CCN(Cc3cccnc3)CC2)n1)N1CCN(c2cccc(C(F)(F)F)c2)CC1. The van der Waals surface area contributed by atoms with E-state index in [-0.39, 0.29) is 5.91 Å². The van der Waals surface area contributed by atoms with Crippen molar-refractivity contribution in [2.24, 2.45) is 0 Å². The molecule has 0 N–H and O–H groups in total. The zero-order valence-electron chi connectivity index (χ0n) is 19.8. The molecule has 2 aromatic heterocycles. The zero-order chi connectivity index (χ0) is 25.1. The number of thiazole rings is 1. The van der Waals surface area contributed by atoms with Gasteiger partial charge >= 0.3 is 6.18 Å². The number of piperazine rings is 1. The van der Waals surface area contributed by atoms with E-state index in [0.717, 1.165) is 43.5 Å². The monoisotopic (exact) mass is 515 g/mol. The highest BCUT2D eigenvalue weighted by molar-refractivity contribution is 7.09. The molecule has 2 aliphatic rings. The molecule has 190 valence electrons. The molecular weight excluding hydrogens is 487 g/mol. The number of hydrogen-bond donors (Lipinski definition) is 0. The number of likely N-dealkylation sites (tertiary alicyclic amines) is 1. The van der Waals surface area contributed by atoms with Crippen molar-refractivity contribution in [1.29, 1.82) is 0 Å². The zero-order valence-corrected chi connectivity index (χ0v) is 20.6. The normalized spacial score (nSPS) is 18.0. The average Bonchev–Trinajstić information content (AvgIpc) is 3.39. The minimum Gasteiger partial charge on any atom is -0.368 e. The Morgan fingerprint density at radius 3 is 2.50 bits per heavy atom. The number of nitrogens with zero attached hydrogens (tertiary/aromatic N) is 5. The summed E-state index contributed by atoms with van der Waals surface area (Å²) in [4.78, 5) is 28.0. The minimum absolute atomic E-state index is 0.102. The lowest BCUT2D eigenvalue weighted by atomic mass is 9.97. The van der Waals surface area contributed by atoms with Crippen LogP contribution in [0.1, 0.15) is 45.4 Å². The molecule has 2 aliphatic heterocycles. The molecule has 1 aromatic carbocycles. The first-order chi connectivity index (χ1) is 17.4. The molecule has 0 atom stereocenters. The Bertz CT molecular complexity index is 1170. The van der Waals surface area contributed by atoms with Gasteiger partial charge in [0.25, 0.3) is 5.91 Å². The lowest BCUT2D eigenvalue weighted by Crippen LogP contribution is -2.49. The summed E-state index contributed by atoms with van der Waals surface area (Å²) in [5, 5.41) is 2.86. The highest BCUT2D eigenvalue weighted by Gasteiger charge is 2.32. The molecule has 2 saturated heterocycles. The number of carbonyl (C=O) groups is 1. The van der Waals surface area contributed by atoms with Gasteiger partial charge in [-0.2, -0.15) is 13.2 Å². The van der Waals surface area contributed by atoms with E-state index in [0.29, 0.717) is 43.5 Å². The number of hydrogen-bond acceptors (Lipinski definition) is 6. The Labute approximate surface area is 212 Å². The fraction of sp³-hybridized carbons (Fsp3) is 0.423. The lowest BCUT2D eigenvalue weighted by molar-refractivity contribution is -0.137. The van der Waals surface area contributed by atoms with Crippen LogP contribution in [0.2, 0.25) is 0 Å². The van der Waals surface area contributed by atoms with Crippen molar-refractivity contribution in [3.8, 4) is 0 Å². The van der Waals surface area contributed by atoms with Crippen LogP contribution in [-0.2, 0) is 12.7 Å². The molecule has 0 radical (unpaired) electrons. The van der Waals surface area contributed by atoms with E-state index in [4.69, 9.17) is 4.98 Å². The number of rotatable bonds is 5. The van der Waals surface area contributed by atoms with Crippen molar-refractivity contribution in [1.82, 2.24) is 19.8 Å². The van der Waals surface area contributed by atoms with Crippen molar-refractivity contribution in [2.75, 3.05) is 44.2 Å². The van der Waals surface area contributed by atoms with Crippen LogP contribution in [0.5, 0.6) is 0 Å². The van der Waals surface area contributed by atoms with Gasteiger partial charge in [-0.25, -0.2) is 4.98 Å². The van der Waals surface area contributed by atoms with Gasteiger partial charge in [-0.1, -0.05) is 12.1 Å². The van der Waals surface area contributed by atoms with Gasteiger partial charge in [-0.3, -0.25) is 14.7 Å². The molecule has 36 heavy (non-hydrogen) atoms. The number of alkyl halides is 3. The number of piperidine rings is 1. The summed E-state index contributed by atoms with van der Waals surface area (Å²) in [6.45, 7) is 4.75. The van der Waals surface area contributed by atoms with Crippen LogP contribution >= 0.6 is 11.3 Å². The Hall–Kier alpha value is -2.98. The molecule has 5 rings (SSSR count). The summed E-state index contributed by atoms with van der Waals surface area (Å²) in [5.41, 5.74) is 1.56. The maximum Gasteiger partial charge on any atom is 0.416 e. The topological polar surface area (TPSA) is 52.6 Å². The first-order valence-electron chi connectivity index (χ1n) is 12.1.